The van der Waals surface area contributed by atoms with Gasteiger partial charge in [-0.1, -0.05) is 0 Å². The molecule has 0 atom stereocenters. The minimum Gasteiger partial charge on any atom is -0.616 e. The van der Waals surface area contributed by atoms with E-state index in [9.17, 15) is 5.21 Å². The van der Waals surface area contributed by atoms with Crippen molar-refractivity contribution in [2.24, 2.45) is 0 Å². The molecule has 1 aromatic heterocycles. The van der Waals surface area contributed by atoms with Gasteiger partial charge < -0.3 is 10.3 Å². The quantitative estimate of drug-likeness (QED) is 0.336. The first kappa shape index (κ1) is 8.27. The number of hydrogen-bond acceptors (Lipinski definition) is 2. The van der Waals surface area contributed by atoms with Gasteiger partial charge in [-0.2, -0.15) is 0 Å². The Morgan fingerprint density at radius 3 is 2.44 bits per heavy atom. The molecule has 0 aromatic carbocycles. The average Bonchev–Trinajstić information content (AvgIpc) is 1.77. The smallest absolute Gasteiger partial charge is 0.376 e. The average molecular weight is 167 g/mol. The van der Waals surface area contributed by atoms with Crippen molar-refractivity contribution in [3.63, 3.8) is 0 Å². The van der Waals surface area contributed by atoms with Crippen LogP contribution in [0.15, 0.2) is 24.4 Å². The molecule has 1 rings (SSSR count). The van der Waals surface area contributed by atoms with E-state index in [1.54, 1.807) is 12.1 Å². The van der Waals surface area contributed by atoms with Crippen molar-refractivity contribution >= 4 is 0 Å². The molecule has 0 saturated heterocycles. The van der Waals surface area contributed by atoms with Gasteiger partial charge in [0.15, 0.2) is 6.20 Å². The maximum absolute atomic E-state index is 10.3. The second-order valence-electron chi connectivity index (χ2n) is 1.38. The summed E-state index contributed by atoms with van der Waals surface area (Å²) >= 11 is 0. The number of hydrogen-bond donors (Lipinski definition) is 1. The standard InChI is InChI=1S/C5H5NO2.Fe/c7-5-3-1-2-4-6(5)8;/h1-4,7H;. The Kier molecular flexibility index (Phi) is 3.06. The fourth-order valence-electron chi connectivity index (χ4n) is 0.419. The molecule has 9 heavy (non-hydrogen) atoms. The molecular weight excluding hydrogens is 162 g/mol. The van der Waals surface area contributed by atoms with Gasteiger partial charge in [-0.15, -0.1) is 4.73 Å². The van der Waals surface area contributed by atoms with Crippen molar-refractivity contribution in [3.8, 4) is 5.88 Å². The third kappa shape index (κ3) is 1.91. The van der Waals surface area contributed by atoms with Gasteiger partial charge in [0.2, 0.25) is 0 Å². The van der Waals surface area contributed by atoms with Crippen molar-refractivity contribution < 1.29 is 26.9 Å². The van der Waals surface area contributed by atoms with E-state index < -0.39 is 0 Å². The summed E-state index contributed by atoms with van der Waals surface area (Å²) in [4.78, 5) is 0. The molecule has 0 fully saturated rings. The topological polar surface area (TPSA) is 47.2 Å². The Labute approximate surface area is 63.0 Å². The van der Waals surface area contributed by atoms with Gasteiger partial charge in [-0.05, 0) is 6.07 Å². The Balaban J connectivity index is 0.000000640. The van der Waals surface area contributed by atoms with E-state index in [0.29, 0.717) is 4.73 Å². The maximum atomic E-state index is 10.3. The molecule has 1 N–H and O–H groups in total. The Morgan fingerprint density at radius 2 is 2.11 bits per heavy atom. The number of nitrogens with zero attached hydrogens (tertiary/aromatic N) is 1. The first-order valence-electron chi connectivity index (χ1n) is 2.18. The van der Waals surface area contributed by atoms with Crippen LogP contribution in [-0.4, -0.2) is 5.11 Å². The molecule has 0 bridgehead atoms. The van der Waals surface area contributed by atoms with E-state index in [1.165, 1.54) is 12.3 Å². The first-order chi connectivity index (χ1) is 3.80. The van der Waals surface area contributed by atoms with Gasteiger partial charge in [0.05, 0.1) is 6.07 Å². The normalized spacial score (nSPS) is 8.00. The summed E-state index contributed by atoms with van der Waals surface area (Å²) in [5.41, 5.74) is 0. The van der Waals surface area contributed by atoms with Crippen molar-refractivity contribution in [3.05, 3.63) is 29.6 Å². The fraction of sp³-hybridized carbons (Fsp3) is 0. The zero-order valence-corrected chi connectivity index (χ0v) is 5.57. The molecule has 0 radical (unpaired) electrons. The van der Waals surface area contributed by atoms with Crippen LogP contribution < -0.4 is 4.73 Å². The summed E-state index contributed by atoms with van der Waals surface area (Å²) in [6.45, 7) is 0. The van der Waals surface area contributed by atoms with Crippen LogP contribution in [0.25, 0.3) is 0 Å². The number of pyridine rings is 1. The summed E-state index contributed by atoms with van der Waals surface area (Å²) in [5, 5.41) is 18.9. The van der Waals surface area contributed by atoms with Crippen molar-refractivity contribution in [1.82, 2.24) is 0 Å². The van der Waals surface area contributed by atoms with Gasteiger partial charge in [0.1, 0.15) is 0 Å². The minimum absolute atomic E-state index is 0. The SMILES string of the molecule is [Fe].[O-][n+]1ccccc1O. The van der Waals surface area contributed by atoms with Crippen molar-refractivity contribution in [2.45, 2.75) is 0 Å². The van der Waals surface area contributed by atoms with Crippen LogP contribution in [0.2, 0.25) is 0 Å². The molecule has 0 unspecified atom stereocenters. The molecule has 0 amide bonds. The van der Waals surface area contributed by atoms with E-state index >= 15 is 0 Å². The molecule has 0 aliphatic carbocycles. The molecule has 0 saturated carbocycles. The monoisotopic (exact) mass is 167 g/mol. The van der Waals surface area contributed by atoms with E-state index in [2.05, 4.69) is 0 Å². The number of aromatic nitrogens is 1. The molecule has 0 aliphatic rings. The van der Waals surface area contributed by atoms with E-state index in [4.69, 9.17) is 5.11 Å². The fourth-order valence-corrected chi connectivity index (χ4v) is 0.419. The van der Waals surface area contributed by atoms with E-state index in [1.807, 2.05) is 0 Å². The van der Waals surface area contributed by atoms with Gasteiger partial charge in [-0.3, -0.25) is 0 Å². The Morgan fingerprint density at radius 1 is 1.44 bits per heavy atom. The second kappa shape index (κ2) is 3.33. The molecule has 0 aliphatic heterocycles. The van der Waals surface area contributed by atoms with Crippen LogP contribution in [0.4, 0.5) is 0 Å². The van der Waals surface area contributed by atoms with Gasteiger partial charge in [0.25, 0.3) is 0 Å². The van der Waals surface area contributed by atoms with Crippen LogP contribution in [-0.2, 0) is 17.1 Å². The van der Waals surface area contributed by atoms with Crippen LogP contribution in [0, 0.1) is 5.21 Å². The van der Waals surface area contributed by atoms with E-state index in [-0.39, 0.29) is 22.9 Å². The molecule has 1 aromatic rings. The third-order valence-electron chi connectivity index (χ3n) is 0.804. The molecule has 1 heterocycles. The molecule has 4 heteroatoms. The van der Waals surface area contributed by atoms with Crippen molar-refractivity contribution in [2.75, 3.05) is 0 Å². The maximum Gasteiger partial charge on any atom is 0.376 e. The van der Waals surface area contributed by atoms with Gasteiger partial charge >= 0.3 is 5.88 Å². The Hall–Kier alpha value is -0.731. The third-order valence-corrected chi connectivity index (χ3v) is 0.804. The van der Waals surface area contributed by atoms with Crippen LogP contribution in [0.5, 0.6) is 5.88 Å². The number of rotatable bonds is 0. The van der Waals surface area contributed by atoms with Gasteiger partial charge in [-0.25, -0.2) is 0 Å². The predicted molar refractivity (Wildman–Crippen MR) is 27.1 cm³/mol. The minimum atomic E-state index is -0.271. The van der Waals surface area contributed by atoms with Crippen LogP contribution in [0.1, 0.15) is 0 Å². The summed E-state index contributed by atoms with van der Waals surface area (Å²) in [5.74, 6) is -0.271. The van der Waals surface area contributed by atoms with E-state index in [0.717, 1.165) is 0 Å². The van der Waals surface area contributed by atoms with Crippen LogP contribution >= 0.6 is 0 Å². The Bertz CT molecular complexity index is 171. The summed E-state index contributed by atoms with van der Waals surface area (Å²) in [6, 6.07) is 4.46. The van der Waals surface area contributed by atoms with Gasteiger partial charge in [0, 0.05) is 23.1 Å². The molecule has 0 spiro atoms. The first-order valence-corrected chi connectivity index (χ1v) is 2.18. The summed E-state index contributed by atoms with van der Waals surface area (Å²) in [7, 11) is 0. The largest absolute Gasteiger partial charge is 0.616 e. The number of aromatic hydroxyl groups is 1. The summed E-state index contributed by atoms with van der Waals surface area (Å²) in [6.07, 6.45) is 1.23. The zero-order chi connectivity index (χ0) is 5.98. The molecule has 3 nitrogen and oxygen atoms in total. The second-order valence-corrected chi connectivity index (χ2v) is 1.38. The predicted octanol–water partition coefficient (Wildman–Crippen LogP) is 0.0231. The molecule has 50 valence electrons. The van der Waals surface area contributed by atoms with Crippen LogP contribution in [0.3, 0.4) is 0 Å². The zero-order valence-electron chi connectivity index (χ0n) is 4.47. The molecular formula is C5H5FeNO2. The summed E-state index contributed by atoms with van der Waals surface area (Å²) < 4.78 is 0.389. The van der Waals surface area contributed by atoms with Crippen molar-refractivity contribution in [1.29, 1.82) is 0 Å².